The maximum absolute atomic E-state index is 14.2. The van der Waals surface area contributed by atoms with Gasteiger partial charge in [-0.15, -0.1) is 0 Å². The summed E-state index contributed by atoms with van der Waals surface area (Å²) in [5.41, 5.74) is 3.50. The molecule has 7 heteroatoms. The summed E-state index contributed by atoms with van der Waals surface area (Å²) in [5, 5.41) is 7.68. The van der Waals surface area contributed by atoms with Crippen molar-refractivity contribution in [1.29, 1.82) is 0 Å². The van der Waals surface area contributed by atoms with Crippen LogP contribution in [0.5, 0.6) is 0 Å². The van der Waals surface area contributed by atoms with Crippen LogP contribution in [-0.2, 0) is 13.1 Å². The fraction of sp³-hybridized carbons (Fsp3) is 0.467. The van der Waals surface area contributed by atoms with E-state index in [4.69, 9.17) is 0 Å². The molecule has 1 amide bonds. The molecule has 3 aromatic rings. The van der Waals surface area contributed by atoms with E-state index in [0.29, 0.717) is 11.5 Å². The van der Waals surface area contributed by atoms with Gasteiger partial charge >= 0.3 is 0 Å². The second kappa shape index (κ2) is 10.4. The summed E-state index contributed by atoms with van der Waals surface area (Å²) in [7, 11) is 0. The van der Waals surface area contributed by atoms with Crippen molar-refractivity contribution >= 4 is 16.7 Å². The Labute approximate surface area is 216 Å². The van der Waals surface area contributed by atoms with Gasteiger partial charge in [-0.1, -0.05) is 18.2 Å². The minimum atomic E-state index is -1.29. The van der Waals surface area contributed by atoms with Crippen LogP contribution in [0.2, 0.25) is 0 Å². The van der Waals surface area contributed by atoms with Crippen LogP contribution in [0.1, 0.15) is 48.0 Å². The Morgan fingerprint density at radius 2 is 1.86 bits per heavy atom. The van der Waals surface area contributed by atoms with E-state index in [0.717, 1.165) is 86.0 Å². The number of pyridine rings is 1. The summed E-state index contributed by atoms with van der Waals surface area (Å²) in [6, 6.07) is 13.3. The molecule has 1 atom stereocenters. The van der Waals surface area contributed by atoms with Crippen molar-refractivity contribution in [3.8, 4) is 11.1 Å². The van der Waals surface area contributed by atoms with Crippen molar-refractivity contribution in [2.24, 2.45) is 11.8 Å². The highest BCUT2D eigenvalue weighted by atomic mass is 19.1. The lowest BCUT2D eigenvalue weighted by Gasteiger charge is -2.22. The van der Waals surface area contributed by atoms with Gasteiger partial charge in [-0.25, -0.2) is 4.39 Å². The van der Waals surface area contributed by atoms with E-state index in [9.17, 15) is 14.0 Å². The second-order valence-electron chi connectivity index (χ2n) is 11.0. The molecule has 2 aliphatic carbocycles. The number of rotatable bonds is 8. The van der Waals surface area contributed by atoms with Crippen molar-refractivity contribution in [2.75, 3.05) is 26.2 Å². The zero-order chi connectivity index (χ0) is 25.4. The molecular weight excluding hydrogens is 467 g/mol. The van der Waals surface area contributed by atoms with Crippen LogP contribution in [0, 0.1) is 11.8 Å². The van der Waals surface area contributed by atoms with Gasteiger partial charge in [-0.3, -0.25) is 14.5 Å². The molecule has 0 bridgehead atoms. The van der Waals surface area contributed by atoms with E-state index in [1.165, 1.54) is 12.8 Å². The van der Waals surface area contributed by atoms with Crippen molar-refractivity contribution in [1.82, 2.24) is 20.1 Å². The van der Waals surface area contributed by atoms with Gasteiger partial charge in [0.15, 0.2) is 6.30 Å². The van der Waals surface area contributed by atoms with Crippen molar-refractivity contribution < 1.29 is 9.18 Å². The number of halogens is 1. The summed E-state index contributed by atoms with van der Waals surface area (Å²) in [5.74, 6) is 0.179. The minimum Gasteiger partial charge on any atom is -0.322 e. The predicted molar refractivity (Wildman–Crippen MR) is 144 cm³/mol. The SMILES string of the molecule is O=C(NC(F)C1CC1)c1cccc(-c2ccc3c(=O)n(CC4CC4)cc(CN4CCCNCC4)c3c2)c1. The molecule has 0 radical (unpaired) electrons. The average Bonchev–Trinajstić information content (AvgIpc) is 3.80. The largest absolute Gasteiger partial charge is 0.322 e. The number of carbonyl (C=O) groups is 1. The van der Waals surface area contributed by atoms with Gasteiger partial charge in [0.05, 0.1) is 0 Å². The fourth-order valence-electron chi connectivity index (χ4n) is 5.34. The zero-order valence-corrected chi connectivity index (χ0v) is 21.2. The molecule has 3 fully saturated rings. The molecule has 2 saturated carbocycles. The average molecular weight is 503 g/mol. The predicted octanol–water partition coefficient (Wildman–Crippen LogP) is 4.31. The highest BCUT2D eigenvalue weighted by Gasteiger charge is 2.32. The van der Waals surface area contributed by atoms with Gasteiger partial charge in [-0.2, -0.15) is 0 Å². The number of hydrogen-bond donors (Lipinski definition) is 2. The smallest absolute Gasteiger partial charge is 0.258 e. The first-order chi connectivity index (χ1) is 18.0. The Morgan fingerprint density at radius 3 is 2.68 bits per heavy atom. The molecule has 1 unspecified atom stereocenters. The molecule has 1 saturated heterocycles. The third-order valence-electron chi connectivity index (χ3n) is 7.91. The first-order valence-corrected chi connectivity index (χ1v) is 13.7. The quantitative estimate of drug-likeness (QED) is 0.451. The number of fused-ring (bicyclic) bond motifs is 1. The van der Waals surface area contributed by atoms with Crippen LogP contribution in [0.3, 0.4) is 0 Å². The molecule has 2 aromatic carbocycles. The normalized spacial score (nSPS) is 19.5. The molecule has 2 heterocycles. The van der Waals surface area contributed by atoms with E-state index in [2.05, 4.69) is 27.8 Å². The van der Waals surface area contributed by atoms with Crippen LogP contribution >= 0.6 is 0 Å². The van der Waals surface area contributed by atoms with E-state index < -0.39 is 6.30 Å². The van der Waals surface area contributed by atoms with E-state index in [1.54, 1.807) is 6.07 Å². The number of alkyl halides is 1. The molecule has 194 valence electrons. The van der Waals surface area contributed by atoms with Crippen LogP contribution in [0.4, 0.5) is 4.39 Å². The molecule has 0 spiro atoms. The number of nitrogens with one attached hydrogen (secondary N) is 2. The maximum atomic E-state index is 14.2. The Balaban J connectivity index is 1.35. The monoisotopic (exact) mass is 502 g/mol. The molecular formula is C30H35FN4O2. The lowest BCUT2D eigenvalue weighted by atomic mass is 9.98. The van der Waals surface area contributed by atoms with Crippen LogP contribution in [0.25, 0.3) is 21.9 Å². The number of amides is 1. The number of hydrogen-bond acceptors (Lipinski definition) is 4. The van der Waals surface area contributed by atoms with Crippen molar-refractivity contribution in [3.05, 3.63) is 70.1 Å². The topological polar surface area (TPSA) is 66.4 Å². The minimum absolute atomic E-state index is 0.0463. The summed E-state index contributed by atoms with van der Waals surface area (Å²) < 4.78 is 16.1. The fourth-order valence-corrected chi connectivity index (χ4v) is 5.34. The third kappa shape index (κ3) is 5.63. The number of carbonyl (C=O) groups excluding carboxylic acids is 1. The van der Waals surface area contributed by atoms with Gasteiger partial charge in [0, 0.05) is 49.2 Å². The lowest BCUT2D eigenvalue weighted by Crippen LogP contribution is -2.32. The maximum Gasteiger partial charge on any atom is 0.258 e. The van der Waals surface area contributed by atoms with Crippen molar-refractivity contribution in [3.63, 3.8) is 0 Å². The van der Waals surface area contributed by atoms with Crippen LogP contribution in [0.15, 0.2) is 53.5 Å². The highest BCUT2D eigenvalue weighted by molar-refractivity contribution is 5.96. The molecule has 2 N–H and O–H groups in total. The molecule has 6 rings (SSSR count). The van der Waals surface area contributed by atoms with Gasteiger partial charge in [0.2, 0.25) is 0 Å². The third-order valence-corrected chi connectivity index (χ3v) is 7.91. The first-order valence-electron chi connectivity index (χ1n) is 13.7. The molecule has 1 aliphatic heterocycles. The number of aromatic nitrogens is 1. The Hall–Kier alpha value is -3.03. The zero-order valence-electron chi connectivity index (χ0n) is 21.2. The Morgan fingerprint density at radius 1 is 1.03 bits per heavy atom. The Bertz CT molecular complexity index is 1350. The molecule has 37 heavy (non-hydrogen) atoms. The Kier molecular flexibility index (Phi) is 6.82. The summed E-state index contributed by atoms with van der Waals surface area (Å²) in [4.78, 5) is 28.5. The van der Waals surface area contributed by atoms with Crippen molar-refractivity contribution in [2.45, 2.75) is 51.5 Å². The van der Waals surface area contributed by atoms with Crippen LogP contribution in [-0.4, -0.2) is 47.8 Å². The van der Waals surface area contributed by atoms with Gasteiger partial charge in [-0.05, 0) is 97.5 Å². The lowest BCUT2D eigenvalue weighted by molar-refractivity contribution is 0.0880. The first kappa shape index (κ1) is 24.3. The molecule has 6 nitrogen and oxygen atoms in total. The van der Waals surface area contributed by atoms with Gasteiger partial charge < -0.3 is 15.2 Å². The summed E-state index contributed by atoms with van der Waals surface area (Å²) >= 11 is 0. The number of nitrogens with zero attached hydrogens (tertiary/aromatic N) is 2. The summed E-state index contributed by atoms with van der Waals surface area (Å²) in [6.07, 6.45) is 5.96. The second-order valence-corrected chi connectivity index (χ2v) is 11.0. The highest BCUT2D eigenvalue weighted by Crippen LogP contribution is 2.34. The van der Waals surface area contributed by atoms with Crippen LogP contribution < -0.4 is 16.2 Å². The standard InChI is InChI=1S/C30H35FN4O2/c31-28(21-7-8-21)33-29(36)24-4-1-3-22(15-24)23-9-10-26-27(16-23)25(18-34-13-2-11-32-12-14-34)19-35(30(26)37)17-20-5-6-20/h1,3-4,9-10,15-16,19-21,28,32H,2,5-8,11-14,17-18H2,(H,33,36). The van der Waals surface area contributed by atoms with Gasteiger partial charge in [0.1, 0.15) is 0 Å². The number of benzene rings is 2. The van der Waals surface area contributed by atoms with E-state index in [1.807, 2.05) is 34.9 Å². The molecule has 1 aromatic heterocycles. The van der Waals surface area contributed by atoms with E-state index >= 15 is 0 Å². The van der Waals surface area contributed by atoms with E-state index in [-0.39, 0.29) is 17.4 Å². The summed E-state index contributed by atoms with van der Waals surface area (Å²) in [6.45, 7) is 5.61. The molecule has 3 aliphatic rings. The van der Waals surface area contributed by atoms with Gasteiger partial charge in [0.25, 0.3) is 11.5 Å².